The quantitative estimate of drug-likeness (QED) is 0.492. The summed E-state index contributed by atoms with van der Waals surface area (Å²) in [5.74, 6) is -0.438. The number of aromatic nitrogens is 5. The molecule has 4 aliphatic rings. The van der Waals surface area contributed by atoms with Gasteiger partial charge in [-0.2, -0.15) is 0 Å². The highest BCUT2D eigenvalue weighted by Gasteiger charge is 2.55. The number of fused-ring (bicyclic) bond motifs is 3. The van der Waals surface area contributed by atoms with Crippen molar-refractivity contribution in [1.82, 2.24) is 29.6 Å². The fourth-order valence-electron chi connectivity index (χ4n) is 6.32. The molecule has 36 heavy (non-hydrogen) atoms. The molecular weight excluding hydrogens is 484 g/mol. The summed E-state index contributed by atoms with van der Waals surface area (Å²) < 4.78 is 31.6. The van der Waals surface area contributed by atoms with Crippen LogP contribution in [0.1, 0.15) is 54.5 Å². The third-order valence-corrected chi connectivity index (χ3v) is 8.48. The zero-order valence-electron chi connectivity index (χ0n) is 20.2. The second-order valence-corrected chi connectivity index (χ2v) is 11.7. The van der Waals surface area contributed by atoms with Crippen molar-refractivity contribution < 1.29 is 8.78 Å². The summed E-state index contributed by atoms with van der Waals surface area (Å²) in [6, 6.07) is 7.64. The molecule has 2 aromatic heterocycles. The van der Waals surface area contributed by atoms with Crippen LogP contribution in [0.25, 0.3) is 5.69 Å². The summed E-state index contributed by atoms with van der Waals surface area (Å²) in [6.45, 7) is 4.37. The molecule has 10 heteroatoms. The maximum absolute atomic E-state index is 14.7. The normalized spacial score (nSPS) is 21.5. The van der Waals surface area contributed by atoms with Crippen molar-refractivity contribution in [3.63, 3.8) is 0 Å². The molecule has 0 radical (unpaired) electrons. The largest absolute Gasteiger partial charge is 0.340 e. The fourth-order valence-corrected chi connectivity index (χ4v) is 6.51. The van der Waals surface area contributed by atoms with Gasteiger partial charge >= 0.3 is 0 Å². The third kappa shape index (κ3) is 3.78. The minimum atomic E-state index is -2.69. The first-order valence-corrected chi connectivity index (χ1v) is 13.0. The van der Waals surface area contributed by atoms with Crippen molar-refractivity contribution in [2.75, 3.05) is 24.5 Å². The Hall–Kier alpha value is -2.65. The van der Waals surface area contributed by atoms with Crippen LogP contribution in [0.5, 0.6) is 0 Å². The molecule has 0 N–H and O–H groups in total. The van der Waals surface area contributed by atoms with E-state index in [1.807, 2.05) is 37.4 Å². The van der Waals surface area contributed by atoms with Gasteiger partial charge in [-0.05, 0) is 62.4 Å². The lowest BCUT2D eigenvalue weighted by atomic mass is 9.57. The highest BCUT2D eigenvalue weighted by atomic mass is 35.5. The lowest BCUT2D eigenvalue weighted by Crippen LogP contribution is -2.62. The Bertz CT molecular complexity index is 1320. The number of nitrogens with zero attached hydrogens (tertiary/aromatic N) is 7. The molecule has 0 bridgehead atoms. The van der Waals surface area contributed by atoms with Gasteiger partial charge in [0.05, 0.1) is 18.8 Å². The van der Waals surface area contributed by atoms with Gasteiger partial charge in [-0.1, -0.05) is 11.6 Å². The molecule has 4 heterocycles. The first kappa shape index (κ1) is 22.5. The summed E-state index contributed by atoms with van der Waals surface area (Å²) in [4.78, 5) is 13.0. The maximum atomic E-state index is 14.7. The fraction of sp³-hybridized carbons (Fsp3) is 0.538. The SMILES string of the molecule is Cc1ccnc(N2CC3(CC(c4nnc5n4-c4ccc(Cl)cc4CN(CC(F)(F)C4CC4)C5)C3)C2)n1. The zero-order chi connectivity index (χ0) is 24.7. The molecule has 0 unspecified atom stereocenters. The molecule has 2 saturated carbocycles. The van der Waals surface area contributed by atoms with E-state index in [1.165, 1.54) is 0 Å². The molecule has 1 saturated heterocycles. The van der Waals surface area contributed by atoms with Gasteiger partial charge in [-0.3, -0.25) is 9.47 Å². The van der Waals surface area contributed by atoms with E-state index in [-0.39, 0.29) is 17.9 Å². The van der Waals surface area contributed by atoms with Crippen LogP contribution >= 0.6 is 11.6 Å². The Balaban J connectivity index is 1.13. The first-order chi connectivity index (χ1) is 17.3. The van der Waals surface area contributed by atoms with Crippen LogP contribution in [0, 0.1) is 18.3 Å². The van der Waals surface area contributed by atoms with Crippen LogP contribution in [-0.4, -0.2) is 55.2 Å². The van der Waals surface area contributed by atoms with E-state index in [1.54, 1.807) is 4.90 Å². The topological polar surface area (TPSA) is 63.0 Å². The van der Waals surface area contributed by atoms with Crippen LogP contribution in [0.15, 0.2) is 30.5 Å². The molecule has 3 aromatic rings. The molecule has 7 rings (SSSR count). The Morgan fingerprint density at radius 2 is 1.92 bits per heavy atom. The van der Waals surface area contributed by atoms with E-state index in [0.717, 1.165) is 60.5 Å². The highest BCUT2D eigenvalue weighted by molar-refractivity contribution is 6.30. The Labute approximate surface area is 213 Å². The average molecular weight is 512 g/mol. The minimum absolute atomic E-state index is 0.260. The lowest BCUT2D eigenvalue weighted by Gasteiger charge is -2.58. The van der Waals surface area contributed by atoms with Gasteiger partial charge < -0.3 is 4.90 Å². The molecular formula is C26H28ClF2N7. The van der Waals surface area contributed by atoms with Crippen LogP contribution in [0.4, 0.5) is 14.7 Å². The summed E-state index contributed by atoms with van der Waals surface area (Å²) in [5, 5.41) is 9.72. The summed E-state index contributed by atoms with van der Waals surface area (Å²) in [5.41, 5.74) is 3.13. The van der Waals surface area contributed by atoms with Crippen LogP contribution < -0.4 is 4.90 Å². The molecule has 1 spiro atoms. The van der Waals surface area contributed by atoms with E-state index >= 15 is 0 Å². The molecule has 2 aliphatic carbocycles. The maximum Gasteiger partial charge on any atom is 0.263 e. The molecule has 188 valence electrons. The molecule has 0 atom stereocenters. The average Bonchev–Trinajstić information content (AvgIpc) is 3.57. The van der Waals surface area contributed by atoms with Gasteiger partial charge in [0.1, 0.15) is 5.82 Å². The van der Waals surface area contributed by atoms with Crippen molar-refractivity contribution in [3.8, 4) is 5.69 Å². The van der Waals surface area contributed by atoms with Crippen LogP contribution in [0.2, 0.25) is 5.02 Å². The van der Waals surface area contributed by atoms with Crippen molar-refractivity contribution in [3.05, 3.63) is 58.4 Å². The van der Waals surface area contributed by atoms with Gasteiger partial charge in [0.2, 0.25) is 5.95 Å². The predicted octanol–water partition coefficient (Wildman–Crippen LogP) is 4.76. The standard InChI is InChI=1S/C26H28ClF2N7/c1-16-6-7-30-24(31-16)35-13-25(14-35)9-18(10-25)23-33-32-22-12-34(15-26(28,29)19-2-3-19)11-17-8-20(27)4-5-21(17)36(22)23/h4-8,18-19H,2-3,9-15H2,1H3. The van der Waals surface area contributed by atoms with Gasteiger partial charge in [-0.25, -0.2) is 18.7 Å². The smallest absolute Gasteiger partial charge is 0.263 e. The van der Waals surface area contributed by atoms with Gasteiger partial charge in [-0.15, -0.1) is 10.2 Å². The molecule has 2 aliphatic heterocycles. The van der Waals surface area contributed by atoms with Crippen molar-refractivity contribution in [2.24, 2.45) is 11.3 Å². The summed E-state index contributed by atoms with van der Waals surface area (Å²) >= 11 is 6.33. The monoisotopic (exact) mass is 511 g/mol. The van der Waals surface area contributed by atoms with Gasteiger partial charge in [0, 0.05) is 53.8 Å². The Morgan fingerprint density at radius 3 is 2.67 bits per heavy atom. The zero-order valence-corrected chi connectivity index (χ0v) is 20.9. The molecule has 0 amide bonds. The first-order valence-electron chi connectivity index (χ1n) is 12.7. The predicted molar refractivity (Wildman–Crippen MR) is 132 cm³/mol. The molecule has 3 fully saturated rings. The summed E-state index contributed by atoms with van der Waals surface area (Å²) in [6.07, 6.45) is 5.09. The van der Waals surface area contributed by atoms with Gasteiger partial charge in [0.25, 0.3) is 5.92 Å². The number of benzene rings is 1. The van der Waals surface area contributed by atoms with E-state index < -0.39 is 11.8 Å². The van der Waals surface area contributed by atoms with E-state index in [9.17, 15) is 8.78 Å². The van der Waals surface area contributed by atoms with E-state index in [4.69, 9.17) is 11.6 Å². The number of anilines is 1. The second kappa shape index (κ2) is 7.92. The van der Waals surface area contributed by atoms with Crippen LogP contribution in [-0.2, 0) is 13.1 Å². The van der Waals surface area contributed by atoms with Crippen molar-refractivity contribution in [1.29, 1.82) is 0 Å². The minimum Gasteiger partial charge on any atom is -0.340 e. The molecule has 1 aromatic carbocycles. The summed E-state index contributed by atoms with van der Waals surface area (Å²) in [7, 11) is 0. The number of hydrogen-bond acceptors (Lipinski definition) is 6. The highest BCUT2D eigenvalue weighted by Crippen LogP contribution is 2.56. The third-order valence-electron chi connectivity index (χ3n) is 8.25. The lowest BCUT2D eigenvalue weighted by molar-refractivity contribution is -0.0558. The number of alkyl halides is 2. The number of rotatable bonds is 5. The van der Waals surface area contributed by atoms with Crippen molar-refractivity contribution in [2.45, 2.75) is 57.5 Å². The Morgan fingerprint density at radius 1 is 1.11 bits per heavy atom. The van der Waals surface area contributed by atoms with E-state index in [0.29, 0.717) is 31.0 Å². The van der Waals surface area contributed by atoms with E-state index in [2.05, 4.69) is 29.6 Å². The van der Waals surface area contributed by atoms with Crippen LogP contribution in [0.3, 0.4) is 0 Å². The van der Waals surface area contributed by atoms with Crippen molar-refractivity contribution >= 4 is 17.5 Å². The second-order valence-electron chi connectivity index (χ2n) is 11.2. The van der Waals surface area contributed by atoms with Gasteiger partial charge in [0.15, 0.2) is 5.82 Å². The molecule has 7 nitrogen and oxygen atoms in total. The number of hydrogen-bond donors (Lipinski definition) is 0. The number of aryl methyl sites for hydroxylation is 1. The Kier molecular flexibility index (Phi) is 4.96. The number of halogens is 3.